The highest BCUT2D eigenvalue weighted by atomic mass is 79.9. The average Bonchev–Trinajstić information content (AvgIpc) is 1.91. The van der Waals surface area contributed by atoms with Gasteiger partial charge >= 0.3 is 0 Å². The summed E-state index contributed by atoms with van der Waals surface area (Å²) < 4.78 is 1.02. The Morgan fingerprint density at radius 1 is 1.30 bits per heavy atom. The molecule has 0 amide bonds. The van der Waals surface area contributed by atoms with Crippen LogP contribution >= 0.6 is 27.5 Å². The summed E-state index contributed by atoms with van der Waals surface area (Å²) in [4.78, 5) is 0. The summed E-state index contributed by atoms with van der Waals surface area (Å²) in [5, 5.41) is 0.763. The Hall–Kier alpha value is -0.0100. The summed E-state index contributed by atoms with van der Waals surface area (Å²) in [5.74, 6) is 0. The van der Waals surface area contributed by atoms with E-state index in [1.165, 1.54) is 0 Å². The van der Waals surface area contributed by atoms with E-state index in [-0.39, 0.29) is 0 Å². The summed E-state index contributed by atoms with van der Waals surface area (Å²) >= 11 is 8.89. The number of halogens is 2. The molecule has 0 saturated heterocycles. The first-order valence-electron chi connectivity index (χ1n) is 3.20. The molecule has 0 radical (unpaired) electrons. The van der Waals surface area contributed by atoms with Crippen molar-refractivity contribution in [2.45, 2.75) is 13.8 Å². The van der Waals surface area contributed by atoms with Crippen LogP contribution in [-0.4, -0.2) is 0 Å². The fraction of sp³-hybridized carbons (Fsp3) is 0.250. The first-order chi connectivity index (χ1) is 4.79. The fourth-order valence-corrected chi connectivity index (χ4v) is 1.18. The maximum absolute atomic E-state index is 5.61. The van der Waals surface area contributed by atoms with E-state index in [1.807, 2.05) is 38.1 Å². The Balaban J connectivity index is 0.000000371. The Labute approximate surface area is 75.3 Å². The van der Waals surface area contributed by atoms with Crippen molar-refractivity contribution in [2.24, 2.45) is 0 Å². The van der Waals surface area contributed by atoms with Crippen LogP contribution in [0.1, 0.15) is 13.8 Å². The molecule has 10 heavy (non-hydrogen) atoms. The predicted molar refractivity (Wildman–Crippen MR) is 50.5 cm³/mol. The van der Waals surface area contributed by atoms with E-state index in [4.69, 9.17) is 11.6 Å². The molecule has 0 aliphatic carbocycles. The summed E-state index contributed by atoms with van der Waals surface area (Å²) in [6, 6.07) is 7.52. The molecule has 0 unspecified atom stereocenters. The van der Waals surface area contributed by atoms with Gasteiger partial charge in [0.15, 0.2) is 0 Å². The molecule has 0 bridgehead atoms. The van der Waals surface area contributed by atoms with Crippen LogP contribution in [0, 0.1) is 0 Å². The van der Waals surface area contributed by atoms with Crippen LogP contribution in [0.25, 0.3) is 0 Å². The highest BCUT2D eigenvalue weighted by molar-refractivity contribution is 9.10. The van der Waals surface area contributed by atoms with E-state index in [0.29, 0.717) is 0 Å². The van der Waals surface area contributed by atoms with E-state index in [0.717, 1.165) is 9.50 Å². The van der Waals surface area contributed by atoms with Gasteiger partial charge in [0.2, 0.25) is 0 Å². The van der Waals surface area contributed by atoms with Crippen LogP contribution in [0.5, 0.6) is 0 Å². The van der Waals surface area contributed by atoms with Gasteiger partial charge < -0.3 is 0 Å². The Kier molecular flexibility index (Phi) is 5.74. The molecule has 0 saturated carbocycles. The second-order valence-electron chi connectivity index (χ2n) is 1.44. The highest BCUT2D eigenvalue weighted by Crippen LogP contribution is 2.14. The smallest absolute Gasteiger partial charge is 0.0417 e. The van der Waals surface area contributed by atoms with Gasteiger partial charge in [0.25, 0.3) is 0 Å². The lowest BCUT2D eigenvalue weighted by Crippen LogP contribution is -1.61. The van der Waals surface area contributed by atoms with E-state index in [9.17, 15) is 0 Å². The Morgan fingerprint density at radius 3 is 2.20 bits per heavy atom. The lowest BCUT2D eigenvalue weighted by Gasteiger charge is -1.87. The standard InChI is InChI=1S/C6H4BrCl.C2H6/c7-5-2-1-3-6(8)4-5;1-2/h1-4H;1-2H3. The van der Waals surface area contributed by atoms with Crippen molar-refractivity contribution < 1.29 is 0 Å². The van der Waals surface area contributed by atoms with Gasteiger partial charge in [-0.05, 0) is 18.2 Å². The van der Waals surface area contributed by atoms with Gasteiger partial charge in [-0.2, -0.15) is 0 Å². The van der Waals surface area contributed by atoms with Gasteiger partial charge in [0, 0.05) is 9.50 Å². The lowest BCUT2D eigenvalue weighted by atomic mass is 10.4. The maximum atomic E-state index is 5.61. The molecule has 0 heterocycles. The summed E-state index contributed by atoms with van der Waals surface area (Å²) in [6.45, 7) is 4.00. The molecule has 0 aromatic heterocycles. The zero-order valence-electron chi connectivity index (χ0n) is 6.07. The molecule has 0 aliphatic heterocycles. The number of hydrogen-bond acceptors (Lipinski definition) is 0. The van der Waals surface area contributed by atoms with Crippen molar-refractivity contribution >= 4 is 27.5 Å². The molecule has 1 aromatic rings. The van der Waals surface area contributed by atoms with Gasteiger partial charge in [-0.15, -0.1) is 0 Å². The molecule has 56 valence electrons. The maximum Gasteiger partial charge on any atom is 0.0417 e. The molecule has 2 heteroatoms. The minimum absolute atomic E-state index is 0.763. The van der Waals surface area contributed by atoms with Crippen LogP contribution in [0.2, 0.25) is 5.02 Å². The number of benzene rings is 1. The van der Waals surface area contributed by atoms with Crippen LogP contribution in [-0.2, 0) is 0 Å². The van der Waals surface area contributed by atoms with Crippen molar-refractivity contribution in [3.8, 4) is 0 Å². The molecule has 0 N–H and O–H groups in total. The third-order valence-corrected chi connectivity index (χ3v) is 1.52. The van der Waals surface area contributed by atoms with Crippen LogP contribution in [0.4, 0.5) is 0 Å². The first kappa shape index (κ1) is 9.99. The normalized spacial score (nSPS) is 8.00. The summed E-state index contributed by atoms with van der Waals surface area (Å²) in [7, 11) is 0. The number of hydrogen-bond donors (Lipinski definition) is 0. The molecule has 0 nitrogen and oxygen atoms in total. The van der Waals surface area contributed by atoms with E-state index in [1.54, 1.807) is 0 Å². The summed E-state index contributed by atoms with van der Waals surface area (Å²) in [6.07, 6.45) is 0. The van der Waals surface area contributed by atoms with E-state index in [2.05, 4.69) is 15.9 Å². The average molecular weight is 222 g/mol. The molecule has 1 rings (SSSR count). The van der Waals surface area contributed by atoms with Crippen LogP contribution < -0.4 is 0 Å². The molecular formula is C8H10BrCl. The largest absolute Gasteiger partial charge is 0.0843 e. The van der Waals surface area contributed by atoms with Gasteiger partial charge in [-0.25, -0.2) is 0 Å². The van der Waals surface area contributed by atoms with Crippen molar-refractivity contribution in [3.05, 3.63) is 33.8 Å². The van der Waals surface area contributed by atoms with E-state index < -0.39 is 0 Å². The Morgan fingerprint density at radius 2 is 1.90 bits per heavy atom. The molecular weight excluding hydrogens is 211 g/mol. The van der Waals surface area contributed by atoms with Crippen molar-refractivity contribution in [1.29, 1.82) is 0 Å². The SMILES string of the molecule is CC.Clc1cccc(Br)c1. The zero-order valence-corrected chi connectivity index (χ0v) is 8.41. The second-order valence-corrected chi connectivity index (χ2v) is 2.79. The van der Waals surface area contributed by atoms with Gasteiger partial charge in [0.05, 0.1) is 0 Å². The van der Waals surface area contributed by atoms with Crippen molar-refractivity contribution in [3.63, 3.8) is 0 Å². The van der Waals surface area contributed by atoms with Gasteiger partial charge in [0.1, 0.15) is 0 Å². The summed E-state index contributed by atoms with van der Waals surface area (Å²) in [5.41, 5.74) is 0. The highest BCUT2D eigenvalue weighted by Gasteiger charge is 1.84. The zero-order chi connectivity index (χ0) is 7.98. The third-order valence-electron chi connectivity index (χ3n) is 0.787. The topological polar surface area (TPSA) is 0 Å². The molecule has 0 atom stereocenters. The van der Waals surface area contributed by atoms with E-state index >= 15 is 0 Å². The van der Waals surface area contributed by atoms with Crippen molar-refractivity contribution in [2.75, 3.05) is 0 Å². The fourth-order valence-electron chi connectivity index (χ4n) is 0.460. The quantitative estimate of drug-likeness (QED) is 0.618. The van der Waals surface area contributed by atoms with Crippen molar-refractivity contribution in [1.82, 2.24) is 0 Å². The van der Waals surface area contributed by atoms with Gasteiger partial charge in [-0.3, -0.25) is 0 Å². The van der Waals surface area contributed by atoms with Crippen LogP contribution in [0.15, 0.2) is 28.7 Å². The van der Waals surface area contributed by atoms with Crippen LogP contribution in [0.3, 0.4) is 0 Å². The predicted octanol–water partition coefficient (Wildman–Crippen LogP) is 4.13. The first-order valence-corrected chi connectivity index (χ1v) is 4.37. The third kappa shape index (κ3) is 3.91. The molecule has 0 spiro atoms. The van der Waals surface area contributed by atoms with Gasteiger partial charge in [-0.1, -0.05) is 47.4 Å². The second kappa shape index (κ2) is 5.75. The molecule has 0 fully saturated rings. The Bertz CT molecular complexity index is 169. The lowest BCUT2D eigenvalue weighted by molar-refractivity contribution is 1.50. The number of rotatable bonds is 0. The molecule has 1 aromatic carbocycles. The monoisotopic (exact) mass is 220 g/mol. The molecule has 0 aliphatic rings. The minimum atomic E-state index is 0.763. The minimum Gasteiger partial charge on any atom is -0.0843 e.